The van der Waals surface area contributed by atoms with E-state index in [9.17, 15) is 14.7 Å². The van der Waals surface area contributed by atoms with Crippen molar-refractivity contribution in [2.75, 3.05) is 0 Å². The standard InChI is InChI=1S/C21H36O7/c1-5-15(22)11-17-7-9-19(28-17)14(4)21(25)26-12(2)10-16-6-8-18(27-16)13(3)20(23)24/h12-19,22H,5-11H2,1-4H3,(H,23,24)/t12-,13+,14+,15+,16+,17+,18+,19-/m1/s1. The van der Waals surface area contributed by atoms with Crippen LogP contribution >= 0.6 is 0 Å². The molecule has 7 nitrogen and oxygen atoms in total. The number of carboxylic acids is 1. The summed E-state index contributed by atoms with van der Waals surface area (Å²) < 4.78 is 17.4. The number of aliphatic hydroxyl groups is 1. The van der Waals surface area contributed by atoms with Crippen molar-refractivity contribution in [3.63, 3.8) is 0 Å². The van der Waals surface area contributed by atoms with Crippen LogP contribution in [0.5, 0.6) is 0 Å². The Bertz CT molecular complexity index is 523. The molecule has 8 atom stereocenters. The van der Waals surface area contributed by atoms with Crippen molar-refractivity contribution >= 4 is 11.9 Å². The summed E-state index contributed by atoms with van der Waals surface area (Å²) in [7, 11) is 0. The summed E-state index contributed by atoms with van der Waals surface area (Å²) in [5, 5.41) is 18.9. The van der Waals surface area contributed by atoms with Gasteiger partial charge in [-0.15, -0.1) is 0 Å². The van der Waals surface area contributed by atoms with Crippen molar-refractivity contribution in [3.8, 4) is 0 Å². The van der Waals surface area contributed by atoms with Gasteiger partial charge in [0.25, 0.3) is 0 Å². The van der Waals surface area contributed by atoms with Crippen LogP contribution in [-0.4, -0.2) is 58.8 Å². The molecule has 162 valence electrons. The quantitative estimate of drug-likeness (QED) is 0.544. The minimum atomic E-state index is -0.847. The maximum Gasteiger partial charge on any atom is 0.311 e. The molecule has 2 N–H and O–H groups in total. The van der Waals surface area contributed by atoms with E-state index in [0.29, 0.717) is 19.3 Å². The van der Waals surface area contributed by atoms with Gasteiger partial charge >= 0.3 is 11.9 Å². The van der Waals surface area contributed by atoms with Gasteiger partial charge in [0.1, 0.15) is 6.10 Å². The number of carbonyl (C=O) groups excluding carboxylic acids is 1. The van der Waals surface area contributed by atoms with Crippen LogP contribution in [0.4, 0.5) is 0 Å². The van der Waals surface area contributed by atoms with E-state index in [1.165, 1.54) is 0 Å². The second-order valence-corrected chi connectivity index (χ2v) is 8.44. The molecule has 0 radical (unpaired) electrons. The van der Waals surface area contributed by atoms with Gasteiger partial charge in [0.15, 0.2) is 0 Å². The molecule has 0 spiro atoms. The third-order valence-corrected chi connectivity index (χ3v) is 6.08. The first-order chi connectivity index (χ1) is 13.2. The van der Waals surface area contributed by atoms with Crippen LogP contribution in [0.3, 0.4) is 0 Å². The first-order valence-electron chi connectivity index (χ1n) is 10.6. The molecule has 0 aromatic rings. The number of carboxylic acid groups (broad SMARTS) is 1. The molecule has 0 unspecified atom stereocenters. The number of aliphatic carboxylic acids is 1. The minimum absolute atomic E-state index is 0.00710. The Balaban J connectivity index is 1.73. The molecule has 2 rings (SSSR count). The lowest BCUT2D eigenvalue weighted by Gasteiger charge is -2.23. The van der Waals surface area contributed by atoms with Crippen molar-refractivity contribution in [1.82, 2.24) is 0 Å². The summed E-state index contributed by atoms with van der Waals surface area (Å²) in [6.45, 7) is 7.28. The molecule has 28 heavy (non-hydrogen) atoms. The summed E-state index contributed by atoms with van der Waals surface area (Å²) in [4.78, 5) is 23.6. The number of esters is 1. The molecular formula is C21H36O7. The van der Waals surface area contributed by atoms with E-state index in [0.717, 1.165) is 25.7 Å². The second kappa shape index (κ2) is 10.6. The highest BCUT2D eigenvalue weighted by Crippen LogP contribution is 2.31. The molecule has 7 heteroatoms. The number of hydrogen-bond acceptors (Lipinski definition) is 6. The van der Waals surface area contributed by atoms with E-state index < -0.39 is 11.9 Å². The zero-order valence-corrected chi connectivity index (χ0v) is 17.5. The first-order valence-corrected chi connectivity index (χ1v) is 10.6. The van der Waals surface area contributed by atoms with Crippen LogP contribution in [-0.2, 0) is 23.8 Å². The van der Waals surface area contributed by atoms with Crippen molar-refractivity contribution in [2.24, 2.45) is 11.8 Å². The van der Waals surface area contributed by atoms with Crippen LogP contribution in [0, 0.1) is 11.8 Å². The Kier molecular flexibility index (Phi) is 8.71. The highest BCUT2D eigenvalue weighted by Gasteiger charge is 2.36. The first kappa shape index (κ1) is 23.1. The molecule has 0 aliphatic carbocycles. The maximum absolute atomic E-state index is 12.5. The molecule has 2 aliphatic rings. The predicted octanol–water partition coefficient (Wildman–Crippen LogP) is 2.92. The Hall–Kier alpha value is -1.18. The lowest BCUT2D eigenvalue weighted by atomic mass is 10.0. The van der Waals surface area contributed by atoms with Crippen molar-refractivity contribution < 1.29 is 34.0 Å². The lowest BCUT2D eigenvalue weighted by molar-refractivity contribution is -0.159. The fraction of sp³-hybridized carbons (Fsp3) is 0.905. The molecule has 0 saturated carbocycles. The normalized spacial score (nSPS) is 31.9. The topological polar surface area (TPSA) is 102 Å². The van der Waals surface area contributed by atoms with Crippen molar-refractivity contribution in [2.45, 2.75) is 109 Å². The van der Waals surface area contributed by atoms with Crippen LogP contribution in [0.2, 0.25) is 0 Å². The molecule has 0 amide bonds. The fourth-order valence-electron chi connectivity index (χ4n) is 4.05. The van der Waals surface area contributed by atoms with Crippen LogP contribution in [0.25, 0.3) is 0 Å². The van der Waals surface area contributed by atoms with Crippen LogP contribution < -0.4 is 0 Å². The summed E-state index contributed by atoms with van der Waals surface area (Å²) in [5.74, 6) is -2.00. The molecule has 0 aromatic heterocycles. The zero-order valence-electron chi connectivity index (χ0n) is 17.5. The second-order valence-electron chi connectivity index (χ2n) is 8.44. The maximum atomic E-state index is 12.5. The number of carbonyl (C=O) groups is 2. The summed E-state index contributed by atoms with van der Waals surface area (Å²) >= 11 is 0. The van der Waals surface area contributed by atoms with E-state index in [2.05, 4.69) is 0 Å². The average Bonchev–Trinajstić information content (AvgIpc) is 3.29. The Morgan fingerprint density at radius 3 is 2.04 bits per heavy atom. The Morgan fingerprint density at radius 1 is 0.964 bits per heavy atom. The van der Waals surface area contributed by atoms with Gasteiger partial charge in [-0.1, -0.05) is 6.92 Å². The number of rotatable bonds is 10. The lowest BCUT2D eigenvalue weighted by Crippen LogP contribution is -2.32. The predicted molar refractivity (Wildman–Crippen MR) is 103 cm³/mol. The number of aliphatic hydroxyl groups excluding tert-OH is 1. The highest BCUT2D eigenvalue weighted by atomic mass is 16.6. The summed E-state index contributed by atoms with van der Waals surface area (Å²) in [6.07, 6.45) is 3.88. The largest absolute Gasteiger partial charge is 0.481 e. The van der Waals surface area contributed by atoms with Gasteiger partial charge in [-0.05, 0) is 59.3 Å². The van der Waals surface area contributed by atoms with Gasteiger partial charge in [0.05, 0.1) is 42.4 Å². The molecule has 0 aromatic carbocycles. The highest BCUT2D eigenvalue weighted by molar-refractivity contribution is 5.73. The van der Waals surface area contributed by atoms with E-state index in [4.69, 9.17) is 19.3 Å². The summed E-state index contributed by atoms with van der Waals surface area (Å²) in [6, 6.07) is 0. The average molecular weight is 401 g/mol. The van der Waals surface area contributed by atoms with Crippen molar-refractivity contribution in [1.29, 1.82) is 0 Å². The van der Waals surface area contributed by atoms with Gasteiger partial charge in [-0.3, -0.25) is 9.59 Å². The van der Waals surface area contributed by atoms with E-state index >= 15 is 0 Å². The SMILES string of the molecule is CC[C@H](O)C[C@@H]1CC[C@H]([C@H](C)C(=O)O[C@H](C)C[C@@H]2CC[C@@H]([C@H](C)C(=O)O)O2)O1. The minimum Gasteiger partial charge on any atom is -0.481 e. The van der Waals surface area contributed by atoms with E-state index in [1.807, 2.05) is 20.8 Å². The third-order valence-electron chi connectivity index (χ3n) is 6.08. The third kappa shape index (κ3) is 6.42. The molecular weight excluding hydrogens is 364 g/mol. The van der Waals surface area contributed by atoms with E-state index in [1.54, 1.807) is 6.92 Å². The Labute approximate surface area is 167 Å². The van der Waals surface area contributed by atoms with Gasteiger partial charge < -0.3 is 24.4 Å². The zero-order chi connectivity index (χ0) is 20.8. The van der Waals surface area contributed by atoms with Crippen LogP contribution in [0.15, 0.2) is 0 Å². The Morgan fingerprint density at radius 2 is 1.50 bits per heavy atom. The van der Waals surface area contributed by atoms with Gasteiger partial charge in [0.2, 0.25) is 0 Å². The van der Waals surface area contributed by atoms with Crippen molar-refractivity contribution in [3.05, 3.63) is 0 Å². The molecule has 2 aliphatic heterocycles. The van der Waals surface area contributed by atoms with E-state index in [-0.39, 0.29) is 48.5 Å². The molecule has 2 fully saturated rings. The molecule has 2 heterocycles. The smallest absolute Gasteiger partial charge is 0.311 e. The molecule has 2 saturated heterocycles. The monoisotopic (exact) mass is 400 g/mol. The fourth-order valence-corrected chi connectivity index (χ4v) is 4.05. The summed E-state index contributed by atoms with van der Waals surface area (Å²) in [5.41, 5.74) is 0. The number of hydrogen-bond donors (Lipinski definition) is 2. The van der Waals surface area contributed by atoms with Gasteiger partial charge in [-0.2, -0.15) is 0 Å². The van der Waals surface area contributed by atoms with Crippen LogP contribution in [0.1, 0.15) is 72.6 Å². The molecule has 0 bridgehead atoms. The van der Waals surface area contributed by atoms with Gasteiger partial charge in [0, 0.05) is 6.42 Å². The van der Waals surface area contributed by atoms with Gasteiger partial charge in [-0.25, -0.2) is 0 Å². The number of ether oxygens (including phenoxy) is 3.